The molecule has 2 aliphatic rings. The summed E-state index contributed by atoms with van der Waals surface area (Å²) in [5.41, 5.74) is -1.07. The van der Waals surface area contributed by atoms with Gasteiger partial charge in [-0.15, -0.1) is 23.4 Å². The second-order valence-electron chi connectivity index (χ2n) is 8.16. The minimum atomic E-state index is -4.68. The predicted molar refractivity (Wildman–Crippen MR) is 102 cm³/mol. The van der Waals surface area contributed by atoms with Crippen LogP contribution in [-0.4, -0.2) is 52.8 Å². The highest BCUT2D eigenvalue weighted by Gasteiger charge is 2.43. The number of carbonyl (C=O) groups excluding carboxylic acids is 1. The van der Waals surface area contributed by atoms with Crippen molar-refractivity contribution in [3.05, 3.63) is 35.8 Å². The SMILES string of the molecule is O=C(COc1ccc(C(F)(F)F)nc1)N[C@H]1CC[C@H](c2nnc(C3CC(OC(F)(F)F)C3)o2)OC1. The molecule has 4 rings (SSSR count). The Labute approximate surface area is 194 Å². The maximum absolute atomic E-state index is 12.5. The molecule has 1 saturated heterocycles. The molecule has 1 saturated carbocycles. The van der Waals surface area contributed by atoms with Crippen LogP contribution in [0.4, 0.5) is 26.3 Å². The van der Waals surface area contributed by atoms with E-state index in [2.05, 4.69) is 25.2 Å². The van der Waals surface area contributed by atoms with Gasteiger partial charge in [0.25, 0.3) is 5.91 Å². The van der Waals surface area contributed by atoms with Crippen LogP contribution in [-0.2, 0) is 20.4 Å². The van der Waals surface area contributed by atoms with E-state index >= 15 is 0 Å². The highest BCUT2D eigenvalue weighted by atomic mass is 19.4. The second kappa shape index (κ2) is 9.97. The molecule has 2 aromatic rings. The van der Waals surface area contributed by atoms with Gasteiger partial charge in [-0.25, -0.2) is 4.98 Å². The number of alkyl halides is 6. The summed E-state index contributed by atoms with van der Waals surface area (Å²) in [5, 5.41) is 10.5. The molecule has 0 radical (unpaired) electrons. The van der Waals surface area contributed by atoms with Crippen LogP contribution in [0.1, 0.15) is 55.2 Å². The van der Waals surface area contributed by atoms with Crippen LogP contribution >= 0.6 is 0 Å². The van der Waals surface area contributed by atoms with E-state index < -0.39 is 43.0 Å². The van der Waals surface area contributed by atoms with Gasteiger partial charge in [-0.05, 0) is 37.8 Å². The fourth-order valence-corrected chi connectivity index (χ4v) is 3.71. The monoisotopic (exact) mass is 510 g/mol. The van der Waals surface area contributed by atoms with Gasteiger partial charge >= 0.3 is 12.5 Å². The van der Waals surface area contributed by atoms with Crippen molar-refractivity contribution in [3.8, 4) is 5.75 Å². The third-order valence-electron chi connectivity index (χ3n) is 5.51. The summed E-state index contributed by atoms with van der Waals surface area (Å²) >= 11 is 0. The van der Waals surface area contributed by atoms with E-state index in [1.807, 2.05) is 0 Å². The van der Waals surface area contributed by atoms with Gasteiger partial charge in [-0.3, -0.25) is 9.53 Å². The van der Waals surface area contributed by atoms with Crippen LogP contribution in [0, 0.1) is 0 Å². The van der Waals surface area contributed by atoms with E-state index in [1.165, 1.54) is 0 Å². The number of hydrogen-bond donors (Lipinski definition) is 1. The minimum Gasteiger partial charge on any atom is -0.482 e. The lowest BCUT2D eigenvalue weighted by Crippen LogP contribution is -2.43. The molecule has 2 fully saturated rings. The molecule has 0 bridgehead atoms. The first-order valence-electron chi connectivity index (χ1n) is 10.6. The van der Waals surface area contributed by atoms with E-state index in [4.69, 9.17) is 13.9 Å². The Morgan fingerprint density at radius 3 is 2.43 bits per heavy atom. The molecule has 2 aromatic heterocycles. The molecule has 192 valence electrons. The summed E-state index contributed by atoms with van der Waals surface area (Å²) in [6, 6.07) is 1.50. The molecular weight excluding hydrogens is 490 g/mol. The molecular formula is C20H20F6N4O5. The van der Waals surface area contributed by atoms with Gasteiger partial charge in [0.15, 0.2) is 6.61 Å². The Bertz CT molecular complexity index is 999. The number of hydrogen-bond acceptors (Lipinski definition) is 8. The topological polar surface area (TPSA) is 109 Å². The molecule has 9 nitrogen and oxygen atoms in total. The van der Waals surface area contributed by atoms with E-state index in [1.54, 1.807) is 0 Å². The molecule has 0 unspecified atom stereocenters. The smallest absolute Gasteiger partial charge is 0.482 e. The van der Waals surface area contributed by atoms with E-state index in [9.17, 15) is 31.1 Å². The lowest BCUT2D eigenvalue weighted by atomic mass is 9.82. The van der Waals surface area contributed by atoms with Gasteiger partial charge < -0.3 is 19.2 Å². The van der Waals surface area contributed by atoms with Crippen LogP contribution < -0.4 is 10.1 Å². The maximum Gasteiger partial charge on any atom is 0.522 e. The Kier molecular flexibility index (Phi) is 7.17. The number of halogens is 6. The molecule has 1 N–H and O–H groups in total. The fraction of sp³-hybridized carbons (Fsp3) is 0.600. The number of carbonyl (C=O) groups is 1. The van der Waals surface area contributed by atoms with Crippen molar-refractivity contribution in [3.63, 3.8) is 0 Å². The first-order chi connectivity index (χ1) is 16.5. The summed E-state index contributed by atoms with van der Waals surface area (Å²) in [7, 11) is 0. The van der Waals surface area contributed by atoms with Gasteiger partial charge in [-0.1, -0.05) is 0 Å². The van der Waals surface area contributed by atoms with Gasteiger partial charge in [0.2, 0.25) is 11.8 Å². The van der Waals surface area contributed by atoms with Crippen molar-refractivity contribution in [2.24, 2.45) is 0 Å². The minimum absolute atomic E-state index is 0.0167. The zero-order valence-electron chi connectivity index (χ0n) is 17.9. The van der Waals surface area contributed by atoms with Crippen molar-refractivity contribution < 1.29 is 49.8 Å². The standard InChI is InChI=1S/C20H20F6N4O5/c21-19(22,23)15-4-2-12(7-27-15)32-9-16(31)28-11-1-3-14(33-8-11)18-30-29-17(34-18)10-5-13(6-10)35-20(24,25)26/h2,4,7,10-11,13-14H,1,3,5-6,8-9H2,(H,28,31)/t10?,11-,13?,14+/m0/s1. The van der Waals surface area contributed by atoms with Crippen molar-refractivity contribution in [2.45, 2.75) is 62.4 Å². The number of nitrogens with zero attached hydrogens (tertiary/aromatic N) is 3. The first-order valence-corrected chi connectivity index (χ1v) is 10.6. The van der Waals surface area contributed by atoms with Crippen LogP contribution in [0.15, 0.2) is 22.7 Å². The maximum atomic E-state index is 12.5. The highest BCUT2D eigenvalue weighted by Crippen LogP contribution is 2.41. The van der Waals surface area contributed by atoms with Gasteiger partial charge in [-0.2, -0.15) is 13.2 Å². The third kappa shape index (κ3) is 6.81. The molecule has 1 amide bonds. The van der Waals surface area contributed by atoms with Gasteiger partial charge in [0, 0.05) is 5.92 Å². The van der Waals surface area contributed by atoms with Gasteiger partial charge in [0.05, 0.1) is 24.9 Å². The summed E-state index contributed by atoms with van der Waals surface area (Å²) in [5.74, 6) is -0.334. The molecule has 0 aromatic carbocycles. The Hall–Kier alpha value is -2.94. The number of ether oxygens (including phenoxy) is 3. The first kappa shape index (κ1) is 25.2. The Balaban J connectivity index is 1.17. The number of pyridine rings is 1. The summed E-state index contributed by atoms with van der Waals surface area (Å²) in [6.07, 6.45) is -8.58. The third-order valence-corrected chi connectivity index (χ3v) is 5.51. The fourth-order valence-electron chi connectivity index (χ4n) is 3.71. The van der Waals surface area contributed by atoms with E-state index in [0.717, 1.165) is 18.3 Å². The zero-order valence-corrected chi connectivity index (χ0v) is 17.9. The van der Waals surface area contributed by atoms with E-state index in [-0.39, 0.29) is 48.9 Å². The Morgan fingerprint density at radius 1 is 1.09 bits per heavy atom. The van der Waals surface area contributed by atoms with Crippen molar-refractivity contribution in [1.82, 2.24) is 20.5 Å². The summed E-state index contributed by atoms with van der Waals surface area (Å²) in [6.45, 7) is -0.276. The average molecular weight is 510 g/mol. The van der Waals surface area contributed by atoms with Crippen LogP contribution in [0.3, 0.4) is 0 Å². The highest BCUT2D eigenvalue weighted by molar-refractivity contribution is 5.77. The quantitative estimate of drug-likeness (QED) is 0.562. The predicted octanol–water partition coefficient (Wildman–Crippen LogP) is 3.68. The van der Waals surface area contributed by atoms with Gasteiger partial charge in [0.1, 0.15) is 17.5 Å². The Morgan fingerprint density at radius 2 is 1.83 bits per heavy atom. The largest absolute Gasteiger partial charge is 0.522 e. The molecule has 15 heteroatoms. The van der Waals surface area contributed by atoms with Crippen LogP contribution in [0.2, 0.25) is 0 Å². The number of aromatic nitrogens is 3. The van der Waals surface area contributed by atoms with Crippen molar-refractivity contribution >= 4 is 5.91 Å². The molecule has 35 heavy (non-hydrogen) atoms. The molecule has 0 spiro atoms. The van der Waals surface area contributed by atoms with Crippen LogP contribution in [0.25, 0.3) is 0 Å². The van der Waals surface area contributed by atoms with E-state index in [0.29, 0.717) is 12.8 Å². The number of amides is 1. The molecule has 3 heterocycles. The number of nitrogens with one attached hydrogen (secondary N) is 1. The lowest BCUT2D eigenvalue weighted by molar-refractivity contribution is -0.352. The van der Waals surface area contributed by atoms with Crippen molar-refractivity contribution in [2.75, 3.05) is 13.2 Å². The molecule has 1 aliphatic carbocycles. The number of rotatable bonds is 7. The zero-order chi connectivity index (χ0) is 25.2. The molecule has 2 atom stereocenters. The summed E-state index contributed by atoms with van der Waals surface area (Å²) < 4.78 is 94.6. The second-order valence-corrected chi connectivity index (χ2v) is 8.16. The average Bonchev–Trinajstić information content (AvgIpc) is 3.24. The van der Waals surface area contributed by atoms with Crippen LogP contribution in [0.5, 0.6) is 5.75 Å². The lowest BCUT2D eigenvalue weighted by Gasteiger charge is -2.33. The normalized spacial score (nSPS) is 25.1. The molecule has 1 aliphatic heterocycles. The summed E-state index contributed by atoms with van der Waals surface area (Å²) in [4.78, 5) is 15.3. The van der Waals surface area contributed by atoms with Crippen molar-refractivity contribution in [1.29, 1.82) is 0 Å².